The average Bonchev–Trinajstić information content (AvgIpc) is 2.34. The lowest BCUT2D eigenvalue weighted by Crippen LogP contribution is -2.30. The fraction of sp³-hybridized carbons (Fsp3) is 0.625. The van der Waals surface area contributed by atoms with Gasteiger partial charge in [-0.3, -0.25) is 0 Å². The first-order chi connectivity index (χ1) is 8.88. The summed E-state index contributed by atoms with van der Waals surface area (Å²) in [5.74, 6) is 0.927. The highest BCUT2D eigenvalue weighted by molar-refractivity contribution is 5.41. The molecule has 19 heavy (non-hydrogen) atoms. The highest BCUT2D eigenvalue weighted by Crippen LogP contribution is 2.32. The number of rotatable bonds is 6. The van der Waals surface area contributed by atoms with Crippen LogP contribution in [0.15, 0.2) is 18.2 Å². The quantitative estimate of drug-likeness (QED) is 0.860. The molecule has 0 heterocycles. The molecule has 0 radical (unpaired) electrons. The highest BCUT2D eigenvalue weighted by Gasteiger charge is 2.19. The Morgan fingerprint density at radius 1 is 1.26 bits per heavy atom. The van der Waals surface area contributed by atoms with Crippen molar-refractivity contribution in [2.45, 2.75) is 46.1 Å². The number of benzene rings is 1. The van der Waals surface area contributed by atoms with E-state index in [9.17, 15) is 0 Å². The van der Waals surface area contributed by atoms with Gasteiger partial charge in [-0.25, -0.2) is 0 Å². The molecule has 0 aromatic heterocycles. The minimum atomic E-state index is -0.0425. The van der Waals surface area contributed by atoms with Crippen LogP contribution < -0.4 is 10.5 Å². The molecule has 0 fully saturated rings. The van der Waals surface area contributed by atoms with Gasteiger partial charge in [0.2, 0.25) is 0 Å². The van der Waals surface area contributed by atoms with Gasteiger partial charge in [0.05, 0.1) is 0 Å². The molecule has 0 aliphatic rings. The van der Waals surface area contributed by atoms with Gasteiger partial charge in [0.1, 0.15) is 18.5 Å². The summed E-state index contributed by atoms with van der Waals surface area (Å²) in [6.45, 7) is 12.3. The number of nitrogens with two attached hydrogens (primary N) is 1. The summed E-state index contributed by atoms with van der Waals surface area (Å²) in [5, 5.41) is 0. The molecule has 1 aromatic carbocycles. The Hall–Kier alpha value is -1.06. The van der Waals surface area contributed by atoms with Crippen LogP contribution in [0.1, 0.15) is 38.8 Å². The molecule has 0 bridgehead atoms. The van der Waals surface area contributed by atoms with Gasteiger partial charge in [-0.2, -0.15) is 0 Å². The van der Waals surface area contributed by atoms with E-state index in [0.717, 1.165) is 5.75 Å². The third-order valence-corrected chi connectivity index (χ3v) is 3.03. The molecule has 108 valence electrons. The normalized spacial score (nSPS) is 13.4. The van der Waals surface area contributed by atoms with Crippen molar-refractivity contribution < 1.29 is 9.47 Å². The molecule has 3 heteroatoms. The Morgan fingerprint density at radius 2 is 1.95 bits per heavy atom. The first-order valence-corrected chi connectivity index (χ1v) is 6.94. The second-order valence-electron chi connectivity index (χ2n) is 5.87. The summed E-state index contributed by atoms with van der Waals surface area (Å²) in [6, 6.07) is 6.30. The van der Waals surface area contributed by atoms with E-state index in [-0.39, 0.29) is 11.5 Å². The van der Waals surface area contributed by atoms with Gasteiger partial charge in [0.15, 0.2) is 0 Å². The summed E-state index contributed by atoms with van der Waals surface area (Å²) < 4.78 is 11.4. The molecular formula is C16H27NO2. The second-order valence-corrected chi connectivity index (χ2v) is 5.87. The van der Waals surface area contributed by atoms with E-state index in [1.807, 2.05) is 13.0 Å². The van der Waals surface area contributed by atoms with Crippen LogP contribution in [-0.4, -0.2) is 25.9 Å². The smallest absolute Gasteiger partial charge is 0.123 e. The highest BCUT2D eigenvalue weighted by atomic mass is 16.5. The lowest BCUT2D eigenvalue weighted by molar-refractivity contribution is 0.0332. The minimum Gasteiger partial charge on any atom is -0.491 e. The lowest BCUT2D eigenvalue weighted by Gasteiger charge is -2.24. The maximum atomic E-state index is 5.92. The van der Waals surface area contributed by atoms with E-state index in [2.05, 4.69) is 39.8 Å². The summed E-state index contributed by atoms with van der Waals surface area (Å²) in [6.07, 6.45) is -0.0425. The van der Waals surface area contributed by atoms with Crippen molar-refractivity contribution in [3.05, 3.63) is 29.3 Å². The maximum Gasteiger partial charge on any atom is 0.123 e. The number of hydrogen-bond donors (Lipinski definition) is 1. The number of ether oxygens (including phenoxy) is 2. The van der Waals surface area contributed by atoms with Gasteiger partial charge in [-0.15, -0.1) is 0 Å². The minimum absolute atomic E-state index is 0.0425. The summed E-state index contributed by atoms with van der Waals surface area (Å²) in [7, 11) is 0. The van der Waals surface area contributed by atoms with Crippen LogP contribution in [0.2, 0.25) is 0 Å². The van der Waals surface area contributed by atoms with Crippen LogP contribution >= 0.6 is 0 Å². The van der Waals surface area contributed by atoms with Gasteiger partial charge in [-0.05, 0) is 30.9 Å². The first-order valence-electron chi connectivity index (χ1n) is 6.94. The summed E-state index contributed by atoms with van der Waals surface area (Å²) in [4.78, 5) is 0. The van der Waals surface area contributed by atoms with Crippen molar-refractivity contribution in [1.29, 1.82) is 0 Å². The molecule has 0 aliphatic heterocycles. The fourth-order valence-electron chi connectivity index (χ4n) is 1.96. The van der Waals surface area contributed by atoms with E-state index in [0.29, 0.717) is 19.8 Å². The van der Waals surface area contributed by atoms with E-state index < -0.39 is 0 Å². The van der Waals surface area contributed by atoms with Crippen LogP contribution in [0.25, 0.3) is 0 Å². The predicted octanol–water partition coefficient (Wildman–Crippen LogP) is 3.04. The Labute approximate surface area is 117 Å². The molecule has 0 saturated heterocycles. The van der Waals surface area contributed by atoms with Crippen molar-refractivity contribution in [1.82, 2.24) is 0 Å². The van der Waals surface area contributed by atoms with Crippen molar-refractivity contribution in [3.63, 3.8) is 0 Å². The Morgan fingerprint density at radius 3 is 2.47 bits per heavy atom. The molecule has 1 atom stereocenters. The summed E-state index contributed by atoms with van der Waals surface area (Å²) in [5.41, 5.74) is 8.20. The van der Waals surface area contributed by atoms with Gasteiger partial charge in [0.25, 0.3) is 0 Å². The first kappa shape index (κ1) is 16.0. The summed E-state index contributed by atoms with van der Waals surface area (Å²) >= 11 is 0. The van der Waals surface area contributed by atoms with Crippen molar-refractivity contribution >= 4 is 0 Å². The van der Waals surface area contributed by atoms with Crippen LogP contribution in [0.4, 0.5) is 0 Å². The molecule has 0 spiro atoms. The molecule has 0 amide bonds. The van der Waals surface area contributed by atoms with Gasteiger partial charge < -0.3 is 15.2 Å². The molecule has 2 N–H and O–H groups in total. The number of hydrogen-bond acceptors (Lipinski definition) is 3. The fourth-order valence-corrected chi connectivity index (χ4v) is 1.96. The van der Waals surface area contributed by atoms with Crippen molar-refractivity contribution in [2.24, 2.45) is 5.73 Å². The zero-order chi connectivity index (χ0) is 14.5. The zero-order valence-electron chi connectivity index (χ0n) is 12.8. The van der Waals surface area contributed by atoms with Crippen molar-refractivity contribution in [3.8, 4) is 5.75 Å². The van der Waals surface area contributed by atoms with Gasteiger partial charge in [0, 0.05) is 13.2 Å². The molecule has 3 nitrogen and oxygen atoms in total. The average molecular weight is 265 g/mol. The van der Waals surface area contributed by atoms with Crippen LogP contribution in [-0.2, 0) is 10.2 Å². The van der Waals surface area contributed by atoms with Gasteiger partial charge >= 0.3 is 0 Å². The van der Waals surface area contributed by atoms with E-state index in [1.165, 1.54) is 11.1 Å². The molecule has 1 unspecified atom stereocenters. The van der Waals surface area contributed by atoms with Crippen LogP contribution in [0.5, 0.6) is 5.75 Å². The molecular weight excluding hydrogens is 238 g/mol. The SMILES string of the molecule is CCOC(CN)COc1ccc(C)cc1C(C)(C)C. The molecule has 0 aliphatic carbocycles. The topological polar surface area (TPSA) is 44.5 Å². The maximum absolute atomic E-state index is 5.92. The molecule has 0 saturated carbocycles. The van der Waals surface area contributed by atoms with E-state index in [1.54, 1.807) is 0 Å². The predicted molar refractivity (Wildman–Crippen MR) is 79.8 cm³/mol. The third-order valence-electron chi connectivity index (χ3n) is 3.03. The van der Waals surface area contributed by atoms with Crippen LogP contribution in [0.3, 0.4) is 0 Å². The monoisotopic (exact) mass is 265 g/mol. The third kappa shape index (κ3) is 4.84. The largest absolute Gasteiger partial charge is 0.491 e. The second kappa shape index (κ2) is 6.92. The molecule has 1 rings (SSSR count). The van der Waals surface area contributed by atoms with Crippen molar-refractivity contribution in [2.75, 3.05) is 19.8 Å². The Balaban J connectivity index is 2.83. The van der Waals surface area contributed by atoms with E-state index in [4.69, 9.17) is 15.2 Å². The standard InChI is InChI=1S/C16H27NO2/c1-6-18-13(10-17)11-19-15-8-7-12(2)9-14(15)16(3,4)5/h7-9,13H,6,10-11,17H2,1-5H3. The number of aryl methyl sites for hydroxylation is 1. The zero-order valence-corrected chi connectivity index (χ0v) is 12.8. The Kier molecular flexibility index (Phi) is 5.83. The lowest BCUT2D eigenvalue weighted by atomic mass is 9.85. The van der Waals surface area contributed by atoms with Crippen LogP contribution in [0, 0.1) is 6.92 Å². The van der Waals surface area contributed by atoms with Gasteiger partial charge in [-0.1, -0.05) is 38.5 Å². The van der Waals surface area contributed by atoms with E-state index >= 15 is 0 Å². The molecule has 1 aromatic rings. The Bertz CT molecular complexity index is 396.